The topological polar surface area (TPSA) is 43.4 Å². The molecule has 1 aliphatic carbocycles. The zero-order valence-electron chi connectivity index (χ0n) is 10.9. The number of carbonyl (C=O) groups is 2. The first-order valence-corrected chi connectivity index (χ1v) is 6.92. The van der Waals surface area contributed by atoms with E-state index in [0.29, 0.717) is 18.8 Å². The average Bonchev–Trinajstić information content (AvgIpc) is 2.50. The van der Waals surface area contributed by atoms with Crippen molar-refractivity contribution in [1.29, 1.82) is 0 Å². The molecule has 1 fully saturated rings. The number of rotatable bonds is 6. The molecule has 3 heteroatoms. The largest absolute Gasteiger partial charge is 0.466 e. The molecule has 1 aliphatic rings. The second-order valence-corrected chi connectivity index (χ2v) is 4.81. The lowest BCUT2D eigenvalue weighted by atomic mass is 9.93. The van der Waals surface area contributed by atoms with Gasteiger partial charge in [-0.05, 0) is 32.6 Å². The molecule has 98 valence electrons. The van der Waals surface area contributed by atoms with E-state index in [9.17, 15) is 9.59 Å². The Morgan fingerprint density at radius 3 is 2.88 bits per heavy atom. The number of hydrogen-bond donors (Lipinski definition) is 0. The standard InChI is InChI=1S/C14H24O3/c1-2-17-14(16)11-7-6-9-12-8-4-3-5-10-13(12)15/h12H,2-11H2,1H3/t12-/m1/s1. The average molecular weight is 240 g/mol. The van der Waals surface area contributed by atoms with Crippen molar-refractivity contribution >= 4 is 11.8 Å². The third-order valence-electron chi connectivity index (χ3n) is 3.42. The SMILES string of the molecule is CCOC(=O)CCCC[C@H]1CCCCCC1=O. The maximum absolute atomic E-state index is 11.8. The smallest absolute Gasteiger partial charge is 0.305 e. The number of ketones is 1. The Labute approximate surface area is 104 Å². The van der Waals surface area contributed by atoms with Gasteiger partial charge in [0, 0.05) is 18.8 Å². The highest BCUT2D eigenvalue weighted by atomic mass is 16.5. The maximum atomic E-state index is 11.8. The molecular formula is C14H24O3. The van der Waals surface area contributed by atoms with Gasteiger partial charge in [-0.25, -0.2) is 0 Å². The number of Topliss-reactive ketones (excluding diaryl/α,β-unsaturated/α-hetero) is 1. The Kier molecular flexibility index (Phi) is 6.90. The first-order valence-electron chi connectivity index (χ1n) is 6.92. The fraction of sp³-hybridized carbons (Fsp3) is 0.857. The molecule has 1 atom stereocenters. The predicted molar refractivity (Wildman–Crippen MR) is 66.7 cm³/mol. The van der Waals surface area contributed by atoms with E-state index in [2.05, 4.69) is 0 Å². The van der Waals surface area contributed by atoms with Crippen molar-refractivity contribution < 1.29 is 14.3 Å². The molecule has 0 aliphatic heterocycles. The molecule has 17 heavy (non-hydrogen) atoms. The zero-order chi connectivity index (χ0) is 12.5. The van der Waals surface area contributed by atoms with Gasteiger partial charge >= 0.3 is 5.97 Å². The molecule has 0 aromatic carbocycles. The minimum absolute atomic E-state index is 0.111. The molecule has 0 radical (unpaired) electrons. The van der Waals surface area contributed by atoms with Gasteiger partial charge in [0.1, 0.15) is 5.78 Å². The van der Waals surface area contributed by atoms with Crippen molar-refractivity contribution in [2.24, 2.45) is 5.92 Å². The summed E-state index contributed by atoms with van der Waals surface area (Å²) in [6, 6.07) is 0. The summed E-state index contributed by atoms with van der Waals surface area (Å²) >= 11 is 0. The number of esters is 1. The van der Waals surface area contributed by atoms with Crippen molar-refractivity contribution in [3.05, 3.63) is 0 Å². The van der Waals surface area contributed by atoms with Crippen LogP contribution in [0.5, 0.6) is 0 Å². The Bertz CT molecular complexity index is 248. The summed E-state index contributed by atoms with van der Waals surface area (Å²) < 4.78 is 4.87. The molecule has 0 unspecified atom stereocenters. The monoisotopic (exact) mass is 240 g/mol. The molecule has 0 spiro atoms. The summed E-state index contributed by atoms with van der Waals surface area (Å²) in [5, 5.41) is 0. The Hall–Kier alpha value is -0.860. The molecule has 0 bridgehead atoms. The fourth-order valence-corrected chi connectivity index (χ4v) is 2.43. The van der Waals surface area contributed by atoms with Crippen LogP contribution >= 0.6 is 0 Å². The summed E-state index contributed by atoms with van der Waals surface area (Å²) in [6.45, 7) is 2.28. The van der Waals surface area contributed by atoms with Gasteiger partial charge in [-0.1, -0.05) is 19.3 Å². The highest BCUT2D eigenvalue weighted by molar-refractivity contribution is 5.81. The van der Waals surface area contributed by atoms with Gasteiger partial charge in [0.15, 0.2) is 0 Å². The molecule has 0 N–H and O–H groups in total. The van der Waals surface area contributed by atoms with E-state index in [1.807, 2.05) is 6.92 Å². The molecule has 0 heterocycles. The van der Waals surface area contributed by atoms with Crippen molar-refractivity contribution in [3.8, 4) is 0 Å². The third kappa shape index (κ3) is 5.85. The van der Waals surface area contributed by atoms with Crippen LogP contribution in [0.4, 0.5) is 0 Å². The Balaban J connectivity index is 2.12. The van der Waals surface area contributed by atoms with Gasteiger partial charge in [-0.15, -0.1) is 0 Å². The molecule has 0 aromatic heterocycles. The Morgan fingerprint density at radius 1 is 1.29 bits per heavy atom. The first-order chi connectivity index (χ1) is 8.24. The van der Waals surface area contributed by atoms with Gasteiger partial charge in [0.25, 0.3) is 0 Å². The molecule has 1 saturated carbocycles. The van der Waals surface area contributed by atoms with E-state index in [1.54, 1.807) is 0 Å². The summed E-state index contributed by atoms with van der Waals surface area (Å²) in [7, 11) is 0. The van der Waals surface area contributed by atoms with Gasteiger partial charge in [0.2, 0.25) is 0 Å². The fourth-order valence-electron chi connectivity index (χ4n) is 2.43. The van der Waals surface area contributed by atoms with E-state index < -0.39 is 0 Å². The number of unbranched alkanes of at least 4 members (excludes halogenated alkanes) is 1. The molecule has 3 nitrogen and oxygen atoms in total. The highest BCUT2D eigenvalue weighted by Gasteiger charge is 2.19. The molecule has 0 amide bonds. The zero-order valence-corrected chi connectivity index (χ0v) is 10.9. The van der Waals surface area contributed by atoms with Crippen molar-refractivity contribution in [2.45, 2.75) is 64.7 Å². The predicted octanol–water partition coefficient (Wildman–Crippen LogP) is 3.26. The second-order valence-electron chi connectivity index (χ2n) is 4.81. The summed E-state index contributed by atoms with van der Waals surface area (Å²) in [6.07, 6.45) is 8.54. The summed E-state index contributed by atoms with van der Waals surface area (Å²) in [4.78, 5) is 22.9. The molecule has 0 saturated heterocycles. The lowest BCUT2D eigenvalue weighted by Gasteiger charge is -2.12. The van der Waals surface area contributed by atoms with E-state index in [1.165, 1.54) is 12.8 Å². The van der Waals surface area contributed by atoms with Crippen molar-refractivity contribution in [1.82, 2.24) is 0 Å². The van der Waals surface area contributed by atoms with Crippen LogP contribution in [0.25, 0.3) is 0 Å². The molecular weight excluding hydrogens is 216 g/mol. The molecule has 0 aromatic rings. The Morgan fingerprint density at radius 2 is 2.12 bits per heavy atom. The van der Waals surface area contributed by atoms with Crippen LogP contribution in [0.3, 0.4) is 0 Å². The minimum atomic E-state index is -0.111. The summed E-state index contributed by atoms with van der Waals surface area (Å²) in [5.41, 5.74) is 0. The highest BCUT2D eigenvalue weighted by Crippen LogP contribution is 2.24. The van der Waals surface area contributed by atoms with Crippen LogP contribution in [0, 0.1) is 5.92 Å². The van der Waals surface area contributed by atoms with Gasteiger partial charge in [-0.3, -0.25) is 9.59 Å². The second kappa shape index (κ2) is 8.26. The van der Waals surface area contributed by atoms with Gasteiger partial charge in [-0.2, -0.15) is 0 Å². The number of hydrogen-bond acceptors (Lipinski definition) is 3. The minimum Gasteiger partial charge on any atom is -0.466 e. The lowest BCUT2D eigenvalue weighted by molar-refractivity contribution is -0.143. The lowest BCUT2D eigenvalue weighted by Crippen LogP contribution is -2.12. The third-order valence-corrected chi connectivity index (χ3v) is 3.42. The van der Waals surface area contributed by atoms with E-state index in [0.717, 1.165) is 38.5 Å². The van der Waals surface area contributed by atoms with Gasteiger partial charge < -0.3 is 4.74 Å². The summed E-state index contributed by atoms with van der Waals surface area (Å²) in [5.74, 6) is 0.595. The van der Waals surface area contributed by atoms with Gasteiger partial charge in [0.05, 0.1) is 6.61 Å². The van der Waals surface area contributed by atoms with Crippen LogP contribution in [0.15, 0.2) is 0 Å². The van der Waals surface area contributed by atoms with Crippen LogP contribution in [-0.4, -0.2) is 18.4 Å². The quantitative estimate of drug-likeness (QED) is 0.406. The van der Waals surface area contributed by atoms with E-state index >= 15 is 0 Å². The number of ether oxygens (including phenoxy) is 1. The van der Waals surface area contributed by atoms with Crippen LogP contribution < -0.4 is 0 Å². The van der Waals surface area contributed by atoms with Crippen molar-refractivity contribution in [3.63, 3.8) is 0 Å². The first kappa shape index (κ1) is 14.2. The van der Waals surface area contributed by atoms with Crippen molar-refractivity contribution in [2.75, 3.05) is 6.61 Å². The van der Waals surface area contributed by atoms with Crippen LogP contribution in [0.1, 0.15) is 64.7 Å². The number of carbonyl (C=O) groups excluding carboxylic acids is 2. The van der Waals surface area contributed by atoms with Crippen LogP contribution in [-0.2, 0) is 14.3 Å². The molecule has 1 rings (SSSR count). The van der Waals surface area contributed by atoms with E-state index in [-0.39, 0.29) is 11.9 Å². The maximum Gasteiger partial charge on any atom is 0.305 e. The normalized spacial score (nSPS) is 21.0. The van der Waals surface area contributed by atoms with Crippen LogP contribution in [0.2, 0.25) is 0 Å². The van der Waals surface area contributed by atoms with E-state index in [4.69, 9.17) is 4.74 Å².